The summed E-state index contributed by atoms with van der Waals surface area (Å²) in [5, 5.41) is 9.61. The van der Waals surface area contributed by atoms with E-state index in [0.29, 0.717) is 10.6 Å². The first-order chi connectivity index (χ1) is 9.96. The lowest BCUT2D eigenvalue weighted by Gasteiger charge is -2.06. The molecule has 0 radical (unpaired) electrons. The van der Waals surface area contributed by atoms with Crippen molar-refractivity contribution in [1.29, 1.82) is 5.26 Å². The maximum absolute atomic E-state index is 12.0. The highest BCUT2D eigenvalue weighted by Crippen LogP contribution is 2.38. The van der Waals surface area contributed by atoms with Crippen LogP contribution in [-0.4, -0.2) is 27.2 Å². The lowest BCUT2D eigenvalue weighted by molar-refractivity contribution is -0.140. The summed E-state index contributed by atoms with van der Waals surface area (Å²) in [4.78, 5) is 12.1. The van der Waals surface area contributed by atoms with E-state index in [1.54, 1.807) is 0 Å². The minimum absolute atomic E-state index is 0.0590. The quantitative estimate of drug-likeness (QED) is 0.803. The molecule has 0 unspecified atom stereocenters. The number of thiophene rings is 1. The van der Waals surface area contributed by atoms with E-state index in [2.05, 4.69) is 15.5 Å². The number of nitriles is 1. The van der Waals surface area contributed by atoms with E-state index in [1.807, 2.05) is 0 Å². The minimum atomic E-state index is -3.56. The van der Waals surface area contributed by atoms with E-state index >= 15 is 0 Å². The molecule has 1 heterocycles. The third-order valence-corrected chi connectivity index (χ3v) is 5.98. The van der Waals surface area contributed by atoms with Gasteiger partial charge in [-0.15, -0.1) is 11.3 Å². The number of nitrogens with zero attached hydrogens (tertiary/aromatic N) is 1. The van der Waals surface area contributed by atoms with Crippen molar-refractivity contribution in [2.75, 3.05) is 17.6 Å². The van der Waals surface area contributed by atoms with Crippen LogP contribution in [0.15, 0.2) is 0 Å². The van der Waals surface area contributed by atoms with Crippen molar-refractivity contribution in [1.82, 2.24) is 0 Å². The Kier molecular flexibility index (Phi) is 4.85. The number of hydrogen-bond donors (Lipinski definition) is 1. The van der Waals surface area contributed by atoms with Crippen molar-refractivity contribution in [3.63, 3.8) is 0 Å². The molecule has 1 aromatic heterocycles. The molecular formula is C13H16N2O4S2. The zero-order valence-electron chi connectivity index (χ0n) is 11.6. The predicted molar refractivity (Wildman–Crippen MR) is 79.7 cm³/mol. The van der Waals surface area contributed by atoms with Gasteiger partial charge in [-0.2, -0.15) is 5.26 Å². The summed E-state index contributed by atoms with van der Waals surface area (Å²) in [6.45, 7) is 0. The van der Waals surface area contributed by atoms with Gasteiger partial charge < -0.3 is 4.74 Å². The molecule has 1 aliphatic rings. The molecule has 0 atom stereocenters. The molecule has 1 aromatic rings. The smallest absolute Gasteiger partial charge is 0.305 e. The van der Waals surface area contributed by atoms with Gasteiger partial charge in [-0.05, 0) is 31.2 Å². The number of sulfonamides is 1. The maximum atomic E-state index is 12.0. The van der Waals surface area contributed by atoms with E-state index in [9.17, 15) is 18.5 Å². The van der Waals surface area contributed by atoms with Gasteiger partial charge in [0.15, 0.2) is 0 Å². The zero-order chi connectivity index (χ0) is 15.5. The number of esters is 1. The first kappa shape index (κ1) is 15.8. The molecule has 8 heteroatoms. The van der Waals surface area contributed by atoms with E-state index in [-0.39, 0.29) is 18.6 Å². The summed E-state index contributed by atoms with van der Waals surface area (Å²) in [6, 6.07) is 2.09. The van der Waals surface area contributed by atoms with E-state index < -0.39 is 16.0 Å². The molecule has 0 aliphatic heterocycles. The van der Waals surface area contributed by atoms with Crippen molar-refractivity contribution in [3.05, 3.63) is 16.0 Å². The first-order valence-corrected chi connectivity index (χ1v) is 9.05. The Morgan fingerprint density at radius 2 is 2.24 bits per heavy atom. The Labute approximate surface area is 127 Å². The Morgan fingerprint density at radius 3 is 2.90 bits per heavy atom. The van der Waals surface area contributed by atoms with Crippen LogP contribution in [0, 0.1) is 11.3 Å². The van der Waals surface area contributed by atoms with Gasteiger partial charge in [-0.3, -0.25) is 9.52 Å². The van der Waals surface area contributed by atoms with Gasteiger partial charge in [0, 0.05) is 11.3 Å². The molecule has 114 valence electrons. The number of carbonyl (C=O) groups excluding carboxylic acids is 1. The Hall–Kier alpha value is -1.59. The first-order valence-electron chi connectivity index (χ1n) is 6.59. The van der Waals surface area contributed by atoms with Crippen LogP contribution in [0.3, 0.4) is 0 Å². The van der Waals surface area contributed by atoms with Gasteiger partial charge in [0.1, 0.15) is 11.1 Å². The van der Waals surface area contributed by atoms with Gasteiger partial charge in [-0.1, -0.05) is 0 Å². The summed E-state index contributed by atoms with van der Waals surface area (Å²) in [6.07, 6.45) is 3.00. The molecule has 2 rings (SSSR count). The second kappa shape index (κ2) is 6.45. The number of anilines is 1. The number of fused-ring (bicyclic) bond motifs is 1. The minimum Gasteiger partial charge on any atom is -0.469 e. The van der Waals surface area contributed by atoms with Crippen molar-refractivity contribution in [2.24, 2.45) is 0 Å². The fraction of sp³-hybridized carbons (Fsp3) is 0.538. The average Bonchev–Trinajstić information content (AvgIpc) is 2.97. The van der Waals surface area contributed by atoms with Gasteiger partial charge in [0.05, 0.1) is 18.4 Å². The molecule has 0 saturated heterocycles. The van der Waals surface area contributed by atoms with Crippen LogP contribution in [-0.2, 0) is 32.4 Å². The highest BCUT2D eigenvalue weighted by molar-refractivity contribution is 7.92. The van der Waals surface area contributed by atoms with Crippen molar-refractivity contribution >= 4 is 32.3 Å². The molecule has 0 aromatic carbocycles. The number of nitrogens with one attached hydrogen (secondary N) is 1. The van der Waals surface area contributed by atoms with Gasteiger partial charge >= 0.3 is 5.97 Å². The third kappa shape index (κ3) is 3.74. The number of ether oxygens (including phenoxy) is 1. The van der Waals surface area contributed by atoms with Crippen molar-refractivity contribution in [3.8, 4) is 6.07 Å². The highest BCUT2D eigenvalue weighted by atomic mass is 32.2. The van der Waals surface area contributed by atoms with Gasteiger partial charge in [-0.25, -0.2) is 8.42 Å². The summed E-state index contributed by atoms with van der Waals surface area (Å²) < 4.78 is 30.9. The molecule has 0 amide bonds. The number of rotatable bonds is 6. The Morgan fingerprint density at radius 1 is 1.48 bits per heavy atom. The second-order valence-corrected chi connectivity index (χ2v) is 7.72. The second-order valence-electron chi connectivity index (χ2n) is 4.77. The van der Waals surface area contributed by atoms with Crippen LogP contribution < -0.4 is 4.72 Å². The van der Waals surface area contributed by atoms with Gasteiger partial charge in [0.2, 0.25) is 10.0 Å². The van der Waals surface area contributed by atoms with Crippen LogP contribution in [0.5, 0.6) is 0 Å². The fourth-order valence-corrected chi connectivity index (χ4v) is 4.94. The standard InChI is InChI=1S/C13H16N2O4S2/c1-19-12(16)6-3-7-21(17,18)15-13-10(8-14)9-4-2-5-11(9)20-13/h15H,2-7H2,1H3. The van der Waals surface area contributed by atoms with Crippen molar-refractivity contribution in [2.45, 2.75) is 32.1 Å². The monoisotopic (exact) mass is 328 g/mol. The third-order valence-electron chi connectivity index (χ3n) is 3.30. The molecule has 0 bridgehead atoms. The zero-order valence-corrected chi connectivity index (χ0v) is 13.3. The molecule has 0 spiro atoms. The van der Waals surface area contributed by atoms with Crippen LogP contribution >= 0.6 is 11.3 Å². The van der Waals surface area contributed by atoms with Crippen LogP contribution in [0.25, 0.3) is 0 Å². The predicted octanol–water partition coefficient (Wildman–Crippen LogP) is 1.80. The maximum Gasteiger partial charge on any atom is 0.305 e. The molecule has 0 saturated carbocycles. The topological polar surface area (TPSA) is 96.3 Å². The number of methoxy groups -OCH3 is 1. The average molecular weight is 328 g/mol. The number of carbonyl (C=O) groups is 1. The van der Waals surface area contributed by atoms with Crippen molar-refractivity contribution < 1.29 is 17.9 Å². The fourth-order valence-electron chi connectivity index (χ4n) is 2.30. The highest BCUT2D eigenvalue weighted by Gasteiger charge is 2.24. The van der Waals surface area contributed by atoms with E-state index in [1.165, 1.54) is 18.4 Å². The van der Waals surface area contributed by atoms with Gasteiger partial charge in [0.25, 0.3) is 0 Å². The molecule has 21 heavy (non-hydrogen) atoms. The SMILES string of the molecule is COC(=O)CCCS(=O)(=O)Nc1sc2c(c1C#N)CCC2. The molecule has 1 aliphatic carbocycles. The number of hydrogen-bond acceptors (Lipinski definition) is 6. The lowest BCUT2D eigenvalue weighted by Crippen LogP contribution is -2.17. The molecular weight excluding hydrogens is 312 g/mol. The van der Waals surface area contributed by atoms with E-state index in [4.69, 9.17) is 0 Å². The van der Waals surface area contributed by atoms with Crippen LogP contribution in [0.2, 0.25) is 0 Å². The molecule has 6 nitrogen and oxygen atoms in total. The Balaban J connectivity index is 2.04. The summed E-state index contributed by atoms with van der Waals surface area (Å²) in [7, 11) is -2.29. The van der Waals surface area contributed by atoms with Crippen LogP contribution in [0.1, 0.15) is 35.3 Å². The Bertz CT molecular complexity index is 686. The number of aryl methyl sites for hydroxylation is 1. The summed E-state index contributed by atoms with van der Waals surface area (Å²) in [5.41, 5.74) is 1.43. The summed E-state index contributed by atoms with van der Waals surface area (Å²) in [5.74, 6) is -0.603. The van der Waals surface area contributed by atoms with Crippen LogP contribution in [0.4, 0.5) is 5.00 Å². The molecule has 1 N–H and O–H groups in total. The molecule has 0 fully saturated rings. The lowest BCUT2D eigenvalue weighted by atomic mass is 10.1. The largest absolute Gasteiger partial charge is 0.469 e. The normalized spacial score (nSPS) is 13.5. The summed E-state index contributed by atoms with van der Waals surface area (Å²) >= 11 is 1.34. The van der Waals surface area contributed by atoms with E-state index in [0.717, 1.165) is 29.7 Å².